The molecule has 0 amide bonds. The zero-order valence-corrected chi connectivity index (χ0v) is 8.74. The van der Waals surface area contributed by atoms with E-state index in [9.17, 15) is 0 Å². The van der Waals surface area contributed by atoms with E-state index in [1.165, 1.54) is 0 Å². The smallest absolute Gasteiger partial charge is 0.198 e. The van der Waals surface area contributed by atoms with Crippen LogP contribution in [-0.2, 0) is 0 Å². The largest absolute Gasteiger partial charge is 0.440 e. The molecule has 2 rings (SSSR count). The molecule has 3 N–H and O–H groups in total. The molecule has 0 aliphatic heterocycles. The van der Waals surface area contributed by atoms with E-state index in [0.29, 0.717) is 17.0 Å². The maximum atomic E-state index is 7.32. The fraction of sp³-hybridized carbons (Fsp3) is 0.273. The molecule has 0 saturated heterocycles. The van der Waals surface area contributed by atoms with Crippen molar-refractivity contribution in [2.45, 2.75) is 19.8 Å². The van der Waals surface area contributed by atoms with Gasteiger partial charge in [-0.25, -0.2) is 4.98 Å². The third-order valence-electron chi connectivity index (χ3n) is 2.21. The monoisotopic (exact) mass is 203 g/mol. The van der Waals surface area contributed by atoms with Gasteiger partial charge in [0.05, 0.1) is 0 Å². The number of nitrogens with zero attached hydrogens (tertiary/aromatic N) is 1. The fourth-order valence-electron chi connectivity index (χ4n) is 1.36. The first-order chi connectivity index (χ1) is 7.08. The van der Waals surface area contributed by atoms with Crippen molar-refractivity contribution in [1.29, 1.82) is 5.41 Å². The molecule has 0 aliphatic rings. The molecule has 2 aromatic rings. The molecule has 1 heterocycles. The summed E-state index contributed by atoms with van der Waals surface area (Å²) in [5.74, 6) is 1.02. The van der Waals surface area contributed by atoms with Crippen LogP contribution in [0.1, 0.15) is 31.2 Å². The fourth-order valence-corrected chi connectivity index (χ4v) is 1.36. The molecule has 15 heavy (non-hydrogen) atoms. The minimum Gasteiger partial charge on any atom is -0.440 e. The molecular formula is C11H13N3O. The quantitative estimate of drug-likeness (QED) is 0.580. The lowest BCUT2D eigenvalue weighted by Gasteiger charge is -1.95. The number of aromatic nitrogens is 1. The molecule has 0 bridgehead atoms. The van der Waals surface area contributed by atoms with E-state index in [2.05, 4.69) is 4.98 Å². The first-order valence-electron chi connectivity index (χ1n) is 4.83. The normalized spacial score (nSPS) is 11.1. The third kappa shape index (κ3) is 1.70. The molecule has 0 fully saturated rings. The van der Waals surface area contributed by atoms with Gasteiger partial charge in [0.1, 0.15) is 11.4 Å². The van der Waals surface area contributed by atoms with Crippen molar-refractivity contribution in [3.8, 4) is 0 Å². The lowest BCUT2D eigenvalue weighted by molar-refractivity contribution is 0.501. The first kappa shape index (κ1) is 9.71. The highest BCUT2D eigenvalue weighted by Gasteiger charge is 2.09. The number of nitrogens with one attached hydrogen (secondary N) is 1. The molecule has 1 aromatic carbocycles. The Hall–Kier alpha value is -1.84. The number of nitrogens with two attached hydrogens (primary N) is 1. The third-order valence-corrected chi connectivity index (χ3v) is 2.21. The molecule has 0 spiro atoms. The van der Waals surface area contributed by atoms with Crippen molar-refractivity contribution in [2.24, 2.45) is 5.73 Å². The van der Waals surface area contributed by atoms with Gasteiger partial charge in [-0.15, -0.1) is 0 Å². The maximum absolute atomic E-state index is 7.32. The molecular weight excluding hydrogens is 190 g/mol. The van der Waals surface area contributed by atoms with Crippen molar-refractivity contribution in [2.75, 3.05) is 0 Å². The Labute approximate surface area is 87.6 Å². The molecule has 0 atom stereocenters. The Kier molecular flexibility index (Phi) is 2.19. The Morgan fingerprint density at radius 2 is 2.20 bits per heavy atom. The van der Waals surface area contributed by atoms with Crippen molar-refractivity contribution in [3.05, 3.63) is 29.7 Å². The zero-order chi connectivity index (χ0) is 11.0. The van der Waals surface area contributed by atoms with E-state index in [1.807, 2.05) is 19.9 Å². The minimum absolute atomic E-state index is 0.0411. The van der Waals surface area contributed by atoms with Gasteiger partial charge < -0.3 is 10.2 Å². The van der Waals surface area contributed by atoms with Gasteiger partial charge in [-0.1, -0.05) is 13.8 Å². The number of hydrogen-bond acceptors (Lipinski definition) is 3. The van der Waals surface area contributed by atoms with Gasteiger partial charge in [0.2, 0.25) is 0 Å². The molecule has 0 radical (unpaired) electrons. The van der Waals surface area contributed by atoms with E-state index in [1.54, 1.807) is 12.1 Å². The summed E-state index contributed by atoms with van der Waals surface area (Å²) in [6.07, 6.45) is 0. The lowest BCUT2D eigenvalue weighted by atomic mass is 10.2. The molecule has 4 heteroatoms. The second kappa shape index (κ2) is 3.38. The van der Waals surface area contributed by atoms with E-state index < -0.39 is 0 Å². The van der Waals surface area contributed by atoms with Crippen LogP contribution in [0.3, 0.4) is 0 Å². The van der Waals surface area contributed by atoms with Crippen molar-refractivity contribution >= 4 is 16.9 Å². The summed E-state index contributed by atoms with van der Waals surface area (Å²) in [4.78, 5) is 4.33. The van der Waals surface area contributed by atoms with Crippen molar-refractivity contribution in [1.82, 2.24) is 4.98 Å². The van der Waals surface area contributed by atoms with Crippen LogP contribution >= 0.6 is 0 Å². The first-order valence-corrected chi connectivity index (χ1v) is 4.83. The van der Waals surface area contributed by atoms with Crippen LogP contribution in [0, 0.1) is 5.41 Å². The Bertz CT molecular complexity index is 514. The van der Waals surface area contributed by atoms with Crippen LogP contribution in [0.15, 0.2) is 22.6 Å². The summed E-state index contributed by atoms with van der Waals surface area (Å²) in [5, 5.41) is 7.32. The number of benzene rings is 1. The van der Waals surface area contributed by atoms with Gasteiger partial charge in [-0.05, 0) is 18.2 Å². The molecule has 0 unspecified atom stereocenters. The Morgan fingerprint density at radius 1 is 1.47 bits per heavy atom. The summed E-state index contributed by atoms with van der Waals surface area (Å²) in [5.41, 5.74) is 7.55. The number of amidine groups is 1. The van der Waals surface area contributed by atoms with Crippen molar-refractivity contribution < 1.29 is 4.42 Å². The predicted octanol–water partition coefficient (Wildman–Crippen LogP) is 2.24. The molecule has 4 nitrogen and oxygen atoms in total. The van der Waals surface area contributed by atoms with Gasteiger partial charge in [-0.3, -0.25) is 5.41 Å². The summed E-state index contributed by atoms with van der Waals surface area (Å²) >= 11 is 0. The van der Waals surface area contributed by atoms with Gasteiger partial charge in [0.15, 0.2) is 11.5 Å². The topological polar surface area (TPSA) is 75.9 Å². The van der Waals surface area contributed by atoms with Crippen LogP contribution in [0.2, 0.25) is 0 Å². The predicted molar refractivity (Wildman–Crippen MR) is 59.1 cm³/mol. The highest BCUT2D eigenvalue weighted by molar-refractivity contribution is 5.97. The van der Waals surface area contributed by atoms with Gasteiger partial charge in [0, 0.05) is 11.5 Å². The standard InChI is InChI=1S/C11H13N3O/c1-6(2)11-14-8-4-3-7(10(12)13)5-9(8)15-11/h3-6H,1-2H3,(H3,12,13). The van der Waals surface area contributed by atoms with E-state index >= 15 is 0 Å². The number of hydrogen-bond donors (Lipinski definition) is 2. The average molecular weight is 203 g/mol. The summed E-state index contributed by atoms with van der Waals surface area (Å²) in [7, 11) is 0. The van der Waals surface area contributed by atoms with Crippen LogP contribution in [0.25, 0.3) is 11.1 Å². The number of nitrogen functional groups attached to an aromatic ring is 1. The SMILES string of the molecule is CC(C)c1nc2ccc(C(=N)N)cc2o1. The summed E-state index contributed by atoms with van der Waals surface area (Å²) in [6.45, 7) is 4.05. The second-order valence-electron chi connectivity index (χ2n) is 3.80. The van der Waals surface area contributed by atoms with Crippen LogP contribution in [0.4, 0.5) is 0 Å². The van der Waals surface area contributed by atoms with Crippen LogP contribution in [0.5, 0.6) is 0 Å². The average Bonchev–Trinajstić information content (AvgIpc) is 2.59. The van der Waals surface area contributed by atoms with Crippen molar-refractivity contribution in [3.63, 3.8) is 0 Å². The highest BCUT2D eigenvalue weighted by Crippen LogP contribution is 2.21. The van der Waals surface area contributed by atoms with E-state index in [-0.39, 0.29) is 11.8 Å². The number of fused-ring (bicyclic) bond motifs is 1. The molecule has 0 saturated carbocycles. The lowest BCUT2D eigenvalue weighted by Crippen LogP contribution is -2.10. The second-order valence-corrected chi connectivity index (χ2v) is 3.80. The maximum Gasteiger partial charge on any atom is 0.198 e. The van der Waals surface area contributed by atoms with Crippen LogP contribution < -0.4 is 5.73 Å². The van der Waals surface area contributed by atoms with Gasteiger partial charge >= 0.3 is 0 Å². The summed E-state index contributed by atoms with van der Waals surface area (Å²) in [6, 6.07) is 5.34. The minimum atomic E-state index is 0.0411. The summed E-state index contributed by atoms with van der Waals surface area (Å²) < 4.78 is 5.56. The number of oxazole rings is 1. The zero-order valence-electron chi connectivity index (χ0n) is 8.74. The Balaban J connectivity index is 2.57. The Morgan fingerprint density at radius 3 is 2.80 bits per heavy atom. The number of rotatable bonds is 2. The van der Waals surface area contributed by atoms with Crippen LogP contribution in [-0.4, -0.2) is 10.8 Å². The van der Waals surface area contributed by atoms with Gasteiger partial charge in [0.25, 0.3) is 0 Å². The van der Waals surface area contributed by atoms with E-state index in [4.69, 9.17) is 15.6 Å². The van der Waals surface area contributed by atoms with Gasteiger partial charge in [-0.2, -0.15) is 0 Å². The van der Waals surface area contributed by atoms with E-state index in [0.717, 1.165) is 5.52 Å². The molecule has 78 valence electrons. The highest BCUT2D eigenvalue weighted by atomic mass is 16.3. The molecule has 0 aliphatic carbocycles. The molecule has 1 aromatic heterocycles.